The molecule has 1 aromatic heterocycles. The fraction of sp³-hybridized carbons (Fsp3) is 0.143. The highest BCUT2D eigenvalue weighted by molar-refractivity contribution is 7.15. The molecule has 1 saturated heterocycles. The Labute approximate surface area is 191 Å². The van der Waals surface area contributed by atoms with Gasteiger partial charge in [-0.3, -0.25) is 14.5 Å². The van der Waals surface area contributed by atoms with E-state index in [1.54, 1.807) is 49.4 Å². The molecule has 1 N–H and O–H groups in total. The van der Waals surface area contributed by atoms with E-state index in [0.29, 0.717) is 26.9 Å². The van der Waals surface area contributed by atoms with Crippen LogP contribution in [-0.2, 0) is 9.59 Å². The van der Waals surface area contributed by atoms with Gasteiger partial charge in [-0.25, -0.2) is 0 Å². The van der Waals surface area contributed by atoms with Crippen molar-refractivity contribution < 1.29 is 19.4 Å². The second kappa shape index (κ2) is 8.30. The van der Waals surface area contributed by atoms with E-state index in [2.05, 4.69) is 10.2 Å². The molecule has 2 heterocycles. The van der Waals surface area contributed by atoms with Crippen molar-refractivity contribution in [3.8, 4) is 5.75 Å². The maximum Gasteiger partial charge on any atom is 0.301 e. The molecule has 10 heteroatoms. The number of rotatable bonds is 4. The molecule has 3 aromatic rings. The number of aryl methyl sites for hydroxylation is 1. The Balaban J connectivity index is 1.93. The fourth-order valence-corrected chi connectivity index (χ4v) is 4.34. The van der Waals surface area contributed by atoms with Crippen molar-refractivity contribution in [3.05, 3.63) is 74.2 Å². The molecule has 1 atom stereocenters. The highest BCUT2D eigenvalue weighted by Gasteiger charge is 2.48. The first-order valence-electron chi connectivity index (χ1n) is 9.02. The lowest BCUT2D eigenvalue weighted by molar-refractivity contribution is -0.132. The molecule has 4 rings (SSSR count). The summed E-state index contributed by atoms with van der Waals surface area (Å²) in [5.74, 6) is -1.39. The number of halogens is 2. The van der Waals surface area contributed by atoms with Crippen LogP contribution in [0.5, 0.6) is 5.75 Å². The molecule has 2 aromatic carbocycles. The first-order valence-corrected chi connectivity index (χ1v) is 10.6. The van der Waals surface area contributed by atoms with Crippen LogP contribution >= 0.6 is 34.5 Å². The highest BCUT2D eigenvalue weighted by Crippen LogP contribution is 2.44. The standard InChI is InChI=1S/C21H15Cl2N3O4S/c1-10-24-25-21(31-10)26-17(12-5-8-14(22)15(23)9-12)16(19(28)20(26)29)18(27)11-3-6-13(30-2)7-4-11/h3-9,17,27H,1-2H3. The van der Waals surface area contributed by atoms with Gasteiger partial charge in [-0.1, -0.05) is 40.6 Å². The van der Waals surface area contributed by atoms with Gasteiger partial charge in [-0.2, -0.15) is 0 Å². The molecule has 1 aliphatic rings. The van der Waals surface area contributed by atoms with Crippen molar-refractivity contribution in [1.82, 2.24) is 10.2 Å². The number of amides is 1. The summed E-state index contributed by atoms with van der Waals surface area (Å²) in [7, 11) is 1.52. The van der Waals surface area contributed by atoms with E-state index in [1.807, 2.05) is 0 Å². The van der Waals surface area contributed by atoms with E-state index in [1.165, 1.54) is 12.0 Å². The summed E-state index contributed by atoms with van der Waals surface area (Å²) < 4.78 is 5.14. The van der Waals surface area contributed by atoms with E-state index in [9.17, 15) is 14.7 Å². The second-order valence-electron chi connectivity index (χ2n) is 6.67. The number of ketones is 1. The molecule has 0 aliphatic carbocycles. The first kappa shape index (κ1) is 21.3. The van der Waals surface area contributed by atoms with Crippen LogP contribution in [0.2, 0.25) is 10.0 Å². The second-order valence-corrected chi connectivity index (χ2v) is 8.65. The molecular formula is C21H15Cl2N3O4S. The summed E-state index contributed by atoms with van der Waals surface area (Å²) >= 11 is 13.4. The number of aliphatic hydroxyl groups excluding tert-OH is 1. The summed E-state index contributed by atoms with van der Waals surface area (Å²) in [5, 5.41) is 20.5. The molecule has 1 unspecified atom stereocenters. The Hall–Kier alpha value is -2.94. The average molecular weight is 476 g/mol. The number of methoxy groups -OCH3 is 1. The van der Waals surface area contributed by atoms with Crippen LogP contribution in [0.3, 0.4) is 0 Å². The van der Waals surface area contributed by atoms with Gasteiger partial charge >= 0.3 is 5.91 Å². The smallest absolute Gasteiger partial charge is 0.301 e. The zero-order valence-corrected chi connectivity index (χ0v) is 18.6. The van der Waals surface area contributed by atoms with Crippen LogP contribution in [0.25, 0.3) is 5.76 Å². The van der Waals surface area contributed by atoms with Crippen LogP contribution in [-0.4, -0.2) is 34.1 Å². The number of benzene rings is 2. The van der Waals surface area contributed by atoms with Crippen molar-refractivity contribution in [1.29, 1.82) is 0 Å². The van der Waals surface area contributed by atoms with E-state index < -0.39 is 17.7 Å². The number of aromatic nitrogens is 2. The Kier molecular flexibility index (Phi) is 5.70. The number of carbonyl (C=O) groups excluding carboxylic acids is 2. The van der Waals surface area contributed by atoms with Crippen LogP contribution in [0.15, 0.2) is 48.0 Å². The zero-order valence-electron chi connectivity index (χ0n) is 16.3. The SMILES string of the molecule is COc1ccc(C(O)=C2C(=O)C(=O)N(c3nnc(C)s3)C2c2ccc(Cl)c(Cl)c2)cc1. The summed E-state index contributed by atoms with van der Waals surface area (Å²) in [4.78, 5) is 27.2. The Morgan fingerprint density at radius 1 is 1.10 bits per heavy atom. The largest absolute Gasteiger partial charge is 0.507 e. The van der Waals surface area contributed by atoms with Gasteiger partial charge in [0.1, 0.15) is 16.5 Å². The number of hydrogen-bond acceptors (Lipinski definition) is 7. The number of hydrogen-bond donors (Lipinski definition) is 1. The number of anilines is 1. The van der Waals surface area contributed by atoms with Gasteiger partial charge in [-0.05, 0) is 48.9 Å². The lowest BCUT2D eigenvalue weighted by Crippen LogP contribution is -2.29. The highest BCUT2D eigenvalue weighted by atomic mass is 35.5. The first-order chi connectivity index (χ1) is 14.8. The molecule has 1 amide bonds. The van der Waals surface area contributed by atoms with E-state index >= 15 is 0 Å². The topological polar surface area (TPSA) is 92.6 Å². The quantitative estimate of drug-likeness (QED) is 0.331. The average Bonchev–Trinajstić information content (AvgIpc) is 3.30. The van der Waals surface area contributed by atoms with Gasteiger partial charge in [0.05, 0.1) is 28.8 Å². The number of aliphatic hydroxyl groups is 1. The van der Waals surface area contributed by atoms with E-state index in [-0.39, 0.29) is 21.5 Å². The summed E-state index contributed by atoms with van der Waals surface area (Å²) in [5.41, 5.74) is 0.773. The minimum Gasteiger partial charge on any atom is -0.507 e. The van der Waals surface area contributed by atoms with Crippen LogP contribution < -0.4 is 9.64 Å². The van der Waals surface area contributed by atoms with Crippen molar-refractivity contribution in [2.24, 2.45) is 0 Å². The molecule has 7 nitrogen and oxygen atoms in total. The lowest BCUT2D eigenvalue weighted by Gasteiger charge is -2.23. The van der Waals surface area contributed by atoms with Crippen molar-refractivity contribution in [3.63, 3.8) is 0 Å². The minimum atomic E-state index is -0.954. The number of nitrogens with zero attached hydrogens (tertiary/aromatic N) is 3. The molecular weight excluding hydrogens is 461 g/mol. The number of ether oxygens (including phenoxy) is 1. The van der Waals surface area contributed by atoms with Gasteiger partial charge in [0.2, 0.25) is 5.13 Å². The van der Waals surface area contributed by atoms with Crippen molar-refractivity contribution >= 4 is 57.1 Å². The minimum absolute atomic E-state index is 0.0820. The summed E-state index contributed by atoms with van der Waals surface area (Å²) in [6.45, 7) is 1.74. The Morgan fingerprint density at radius 2 is 1.81 bits per heavy atom. The lowest BCUT2D eigenvalue weighted by atomic mass is 9.95. The molecule has 0 spiro atoms. The van der Waals surface area contributed by atoms with Crippen molar-refractivity contribution in [2.75, 3.05) is 12.0 Å². The molecule has 0 radical (unpaired) electrons. The molecule has 31 heavy (non-hydrogen) atoms. The third-order valence-electron chi connectivity index (χ3n) is 4.79. The number of carbonyl (C=O) groups is 2. The molecule has 1 fully saturated rings. The van der Waals surface area contributed by atoms with Crippen LogP contribution in [0.1, 0.15) is 22.2 Å². The van der Waals surface area contributed by atoms with Gasteiger partial charge in [0.25, 0.3) is 5.78 Å². The Morgan fingerprint density at radius 3 is 2.39 bits per heavy atom. The van der Waals surface area contributed by atoms with Gasteiger partial charge in [-0.15, -0.1) is 10.2 Å². The fourth-order valence-electron chi connectivity index (χ4n) is 3.32. The van der Waals surface area contributed by atoms with Gasteiger partial charge in [0.15, 0.2) is 0 Å². The normalized spacial score (nSPS) is 17.9. The monoisotopic (exact) mass is 475 g/mol. The van der Waals surface area contributed by atoms with Crippen LogP contribution in [0.4, 0.5) is 5.13 Å². The van der Waals surface area contributed by atoms with Gasteiger partial charge < -0.3 is 9.84 Å². The predicted octanol–water partition coefficient (Wildman–Crippen LogP) is 4.79. The van der Waals surface area contributed by atoms with E-state index in [4.69, 9.17) is 27.9 Å². The van der Waals surface area contributed by atoms with Crippen molar-refractivity contribution in [2.45, 2.75) is 13.0 Å². The summed E-state index contributed by atoms with van der Waals surface area (Å²) in [6.07, 6.45) is 0. The molecule has 158 valence electrons. The third-order valence-corrected chi connectivity index (χ3v) is 6.37. The van der Waals surface area contributed by atoms with E-state index in [0.717, 1.165) is 11.3 Å². The third kappa shape index (κ3) is 3.78. The maximum absolute atomic E-state index is 13.0. The van der Waals surface area contributed by atoms with Crippen LogP contribution in [0, 0.1) is 6.92 Å². The van der Waals surface area contributed by atoms with Gasteiger partial charge in [0, 0.05) is 5.56 Å². The zero-order chi connectivity index (χ0) is 22.3. The maximum atomic E-state index is 13.0. The molecule has 0 bridgehead atoms. The number of Topliss-reactive ketones (excluding diaryl/α,β-unsaturated/α-hetero) is 1. The molecule has 1 aliphatic heterocycles. The Bertz CT molecular complexity index is 1220. The molecule has 0 saturated carbocycles. The summed E-state index contributed by atoms with van der Waals surface area (Å²) in [6, 6.07) is 10.3. The predicted molar refractivity (Wildman–Crippen MR) is 119 cm³/mol.